The lowest BCUT2D eigenvalue weighted by Gasteiger charge is -2.09. The Bertz CT molecular complexity index is 753. The van der Waals surface area contributed by atoms with E-state index in [1.54, 1.807) is 11.6 Å². The topological polar surface area (TPSA) is 84.2 Å². The van der Waals surface area contributed by atoms with Crippen LogP contribution < -0.4 is 5.32 Å². The number of hydrogen-bond donors (Lipinski definition) is 2. The van der Waals surface area contributed by atoms with Crippen molar-refractivity contribution in [2.45, 2.75) is 27.3 Å². The van der Waals surface area contributed by atoms with Gasteiger partial charge in [0.05, 0.1) is 23.0 Å². The van der Waals surface area contributed by atoms with Crippen LogP contribution in [0.5, 0.6) is 0 Å². The number of carbonyl (C=O) groups is 2. The summed E-state index contributed by atoms with van der Waals surface area (Å²) < 4.78 is 15.5. The van der Waals surface area contributed by atoms with Crippen molar-refractivity contribution in [3.8, 4) is 0 Å². The summed E-state index contributed by atoms with van der Waals surface area (Å²) >= 11 is 0. The number of anilines is 1. The molecule has 0 aliphatic carbocycles. The smallest absolute Gasteiger partial charge is 0.335 e. The standard InChI is InChI=1S/C16H18FN3O3/c1-9(2)8-20-10(3)12(7-18-20)15(21)19-14-6-11(16(22)23)4-5-13(14)17/h4-7,9H,8H2,1-3H3,(H,19,21)(H,22,23). The molecule has 2 N–H and O–H groups in total. The average Bonchev–Trinajstić information content (AvgIpc) is 2.81. The molecule has 1 aromatic heterocycles. The van der Waals surface area contributed by atoms with Gasteiger partial charge in [0.15, 0.2) is 0 Å². The Kier molecular flexibility index (Phi) is 4.78. The van der Waals surface area contributed by atoms with Gasteiger partial charge < -0.3 is 10.4 Å². The first-order chi connectivity index (χ1) is 10.8. The van der Waals surface area contributed by atoms with Crippen molar-refractivity contribution >= 4 is 17.6 Å². The van der Waals surface area contributed by atoms with Crippen LogP contribution in [-0.2, 0) is 6.54 Å². The maximum absolute atomic E-state index is 13.8. The molecule has 0 atom stereocenters. The highest BCUT2D eigenvalue weighted by atomic mass is 19.1. The van der Waals surface area contributed by atoms with Gasteiger partial charge in [-0.1, -0.05) is 13.8 Å². The van der Waals surface area contributed by atoms with E-state index in [0.29, 0.717) is 23.7 Å². The first-order valence-electron chi connectivity index (χ1n) is 7.16. The predicted molar refractivity (Wildman–Crippen MR) is 83.1 cm³/mol. The molecule has 1 aromatic carbocycles. The van der Waals surface area contributed by atoms with E-state index in [9.17, 15) is 14.0 Å². The van der Waals surface area contributed by atoms with Gasteiger partial charge in [0, 0.05) is 12.2 Å². The number of aromatic carboxylic acids is 1. The summed E-state index contributed by atoms with van der Waals surface area (Å²) in [5, 5.41) is 15.5. The summed E-state index contributed by atoms with van der Waals surface area (Å²) in [6.45, 7) is 6.50. The molecule has 7 heteroatoms. The van der Waals surface area contributed by atoms with Crippen LogP contribution in [0.2, 0.25) is 0 Å². The molecule has 122 valence electrons. The Morgan fingerprint density at radius 1 is 1.39 bits per heavy atom. The second-order valence-corrected chi connectivity index (χ2v) is 5.67. The normalized spacial score (nSPS) is 10.8. The van der Waals surface area contributed by atoms with Crippen LogP contribution in [0.3, 0.4) is 0 Å². The van der Waals surface area contributed by atoms with Gasteiger partial charge in [-0.25, -0.2) is 9.18 Å². The molecule has 6 nitrogen and oxygen atoms in total. The van der Waals surface area contributed by atoms with Crippen molar-refractivity contribution in [3.05, 3.63) is 47.0 Å². The molecule has 1 amide bonds. The molecule has 1 heterocycles. The third-order valence-corrected chi connectivity index (χ3v) is 3.35. The molecule has 0 bridgehead atoms. The summed E-state index contributed by atoms with van der Waals surface area (Å²) in [5.74, 6) is -2.05. The van der Waals surface area contributed by atoms with E-state index < -0.39 is 17.7 Å². The van der Waals surface area contributed by atoms with Gasteiger partial charge in [0.1, 0.15) is 5.82 Å². The number of halogens is 1. The molecule has 0 spiro atoms. The van der Waals surface area contributed by atoms with E-state index in [1.165, 1.54) is 6.20 Å². The van der Waals surface area contributed by atoms with Crippen molar-refractivity contribution in [1.29, 1.82) is 0 Å². The molecule has 0 radical (unpaired) electrons. The molecule has 0 unspecified atom stereocenters. The van der Waals surface area contributed by atoms with Gasteiger partial charge in [-0.15, -0.1) is 0 Å². The lowest BCUT2D eigenvalue weighted by atomic mass is 10.1. The van der Waals surface area contributed by atoms with Crippen LogP contribution in [0.25, 0.3) is 0 Å². The van der Waals surface area contributed by atoms with Crippen molar-refractivity contribution in [1.82, 2.24) is 9.78 Å². The molecule has 0 fully saturated rings. The fraction of sp³-hybridized carbons (Fsp3) is 0.312. The van der Waals surface area contributed by atoms with Crippen LogP contribution in [-0.4, -0.2) is 26.8 Å². The van der Waals surface area contributed by atoms with Gasteiger partial charge >= 0.3 is 5.97 Å². The van der Waals surface area contributed by atoms with Crippen LogP contribution in [0, 0.1) is 18.7 Å². The van der Waals surface area contributed by atoms with E-state index in [1.807, 2.05) is 13.8 Å². The summed E-state index contributed by atoms with van der Waals surface area (Å²) in [4.78, 5) is 23.2. The minimum atomic E-state index is -1.19. The molecule has 2 aromatic rings. The zero-order valence-corrected chi connectivity index (χ0v) is 13.1. The van der Waals surface area contributed by atoms with Crippen LogP contribution in [0.1, 0.15) is 40.3 Å². The van der Waals surface area contributed by atoms with Crippen molar-refractivity contribution in [3.63, 3.8) is 0 Å². The largest absolute Gasteiger partial charge is 0.478 e. The predicted octanol–water partition coefficient (Wildman–Crippen LogP) is 2.94. The zero-order chi connectivity index (χ0) is 17.1. The number of nitrogens with zero attached hydrogens (tertiary/aromatic N) is 2. The minimum Gasteiger partial charge on any atom is -0.478 e. The molecule has 2 rings (SSSR count). The summed E-state index contributed by atoms with van der Waals surface area (Å²) in [7, 11) is 0. The van der Waals surface area contributed by atoms with E-state index in [2.05, 4.69) is 10.4 Å². The van der Waals surface area contributed by atoms with Crippen LogP contribution in [0.15, 0.2) is 24.4 Å². The average molecular weight is 319 g/mol. The van der Waals surface area contributed by atoms with Crippen molar-refractivity contribution in [2.24, 2.45) is 5.92 Å². The van der Waals surface area contributed by atoms with Gasteiger partial charge in [0.2, 0.25) is 0 Å². The minimum absolute atomic E-state index is 0.103. The molecule has 0 saturated heterocycles. The van der Waals surface area contributed by atoms with E-state index >= 15 is 0 Å². The number of rotatable bonds is 5. The van der Waals surface area contributed by atoms with Crippen molar-refractivity contribution < 1.29 is 19.1 Å². The number of aromatic nitrogens is 2. The Morgan fingerprint density at radius 3 is 2.70 bits per heavy atom. The second kappa shape index (κ2) is 6.60. The highest BCUT2D eigenvalue weighted by molar-refractivity contribution is 6.05. The third-order valence-electron chi connectivity index (χ3n) is 3.35. The Balaban J connectivity index is 2.24. The molecule has 0 saturated carbocycles. The number of carbonyl (C=O) groups excluding carboxylic acids is 1. The Morgan fingerprint density at radius 2 is 2.09 bits per heavy atom. The highest BCUT2D eigenvalue weighted by Crippen LogP contribution is 2.18. The number of carboxylic acids is 1. The summed E-state index contributed by atoms with van der Waals surface area (Å²) in [5.41, 5.74) is 0.719. The fourth-order valence-electron chi connectivity index (χ4n) is 2.14. The third kappa shape index (κ3) is 3.74. The van der Waals surface area contributed by atoms with Gasteiger partial charge in [-0.2, -0.15) is 5.10 Å². The molecular weight excluding hydrogens is 301 g/mol. The summed E-state index contributed by atoms with van der Waals surface area (Å²) in [6, 6.07) is 3.23. The van der Waals surface area contributed by atoms with Gasteiger partial charge in [-0.05, 0) is 31.0 Å². The maximum atomic E-state index is 13.8. The Labute approximate surface area is 132 Å². The summed E-state index contributed by atoms with van der Waals surface area (Å²) in [6.07, 6.45) is 1.42. The first-order valence-corrected chi connectivity index (χ1v) is 7.16. The number of nitrogens with one attached hydrogen (secondary N) is 1. The van der Waals surface area contributed by atoms with E-state index in [-0.39, 0.29) is 11.3 Å². The van der Waals surface area contributed by atoms with Gasteiger partial charge in [-0.3, -0.25) is 9.48 Å². The SMILES string of the molecule is Cc1c(C(=O)Nc2cc(C(=O)O)ccc2F)cnn1CC(C)C. The van der Waals surface area contributed by atoms with Crippen LogP contribution >= 0.6 is 0 Å². The molecule has 0 aliphatic heterocycles. The molecule has 23 heavy (non-hydrogen) atoms. The van der Waals surface area contributed by atoms with E-state index in [4.69, 9.17) is 5.11 Å². The van der Waals surface area contributed by atoms with E-state index in [0.717, 1.165) is 18.2 Å². The zero-order valence-electron chi connectivity index (χ0n) is 13.1. The number of benzene rings is 1. The van der Waals surface area contributed by atoms with Crippen molar-refractivity contribution in [2.75, 3.05) is 5.32 Å². The number of carboxylic acid groups (broad SMARTS) is 1. The Hall–Kier alpha value is -2.70. The maximum Gasteiger partial charge on any atom is 0.335 e. The highest BCUT2D eigenvalue weighted by Gasteiger charge is 2.17. The lowest BCUT2D eigenvalue weighted by molar-refractivity contribution is 0.0696. The number of amides is 1. The van der Waals surface area contributed by atoms with Gasteiger partial charge in [0.25, 0.3) is 5.91 Å². The molecule has 0 aliphatic rings. The lowest BCUT2D eigenvalue weighted by Crippen LogP contribution is -2.15. The fourth-order valence-corrected chi connectivity index (χ4v) is 2.14. The number of hydrogen-bond acceptors (Lipinski definition) is 3. The monoisotopic (exact) mass is 319 g/mol. The second-order valence-electron chi connectivity index (χ2n) is 5.67. The first kappa shape index (κ1) is 16.7. The van der Waals surface area contributed by atoms with Crippen LogP contribution in [0.4, 0.5) is 10.1 Å². The quantitative estimate of drug-likeness (QED) is 0.887. The molecular formula is C16H18FN3O3.